The van der Waals surface area contributed by atoms with Crippen LogP contribution in [0.2, 0.25) is 0 Å². The molecule has 0 amide bonds. The molecule has 31 heavy (non-hydrogen) atoms. The SMILES string of the molecule is CO[C@H]1O[C@H](C2CC(O)C=CO2)[C@H](OCc2ccccc2)[C@H](OC(C)=O)[C@H]1OC(C)=O. The Bertz CT molecular complexity index is 766. The van der Waals surface area contributed by atoms with Crippen LogP contribution in [0.5, 0.6) is 0 Å². The van der Waals surface area contributed by atoms with E-state index in [4.69, 9.17) is 28.4 Å². The molecule has 2 heterocycles. The van der Waals surface area contributed by atoms with Crippen LogP contribution >= 0.6 is 0 Å². The smallest absolute Gasteiger partial charge is 0.303 e. The molecule has 0 saturated carbocycles. The van der Waals surface area contributed by atoms with Crippen LogP contribution in [-0.4, -0.2) is 67.1 Å². The highest BCUT2D eigenvalue weighted by molar-refractivity contribution is 5.67. The van der Waals surface area contributed by atoms with E-state index in [1.54, 1.807) is 0 Å². The van der Waals surface area contributed by atoms with E-state index in [1.807, 2.05) is 30.3 Å². The molecule has 2 aliphatic rings. The van der Waals surface area contributed by atoms with Gasteiger partial charge in [0.15, 0.2) is 18.5 Å². The van der Waals surface area contributed by atoms with Gasteiger partial charge in [0.05, 0.1) is 19.0 Å². The van der Waals surface area contributed by atoms with Crippen molar-refractivity contribution in [3.05, 3.63) is 48.2 Å². The van der Waals surface area contributed by atoms with Crippen molar-refractivity contribution in [3.63, 3.8) is 0 Å². The number of hydrogen-bond donors (Lipinski definition) is 1. The molecule has 0 spiro atoms. The van der Waals surface area contributed by atoms with E-state index in [0.29, 0.717) is 0 Å². The normalized spacial score (nSPS) is 32.7. The highest BCUT2D eigenvalue weighted by Gasteiger charge is 2.54. The third kappa shape index (κ3) is 6.04. The Kier molecular flexibility index (Phi) is 8.03. The zero-order valence-corrected chi connectivity index (χ0v) is 17.7. The number of aliphatic hydroxyl groups is 1. The average molecular weight is 436 g/mol. The molecule has 0 bridgehead atoms. The molecule has 170 valence electrons. The van der Waals surface area contributed by atoms with Gasteiger partial charge in [0, 0.05) is 27.4 Å². The van der Waals surface area contributed by atoms with Gasteiger partial charge in [-0.05, 0) is 11.6 Å². The van der Waals surface area contributed by atoms with Gasteiger partial charge in [-0.3, -0.25) is 9.59 Å². The van der Waals surface area contributed by atoms with E-state index < -0.39 is 54.9 Å². The number of carbonyl (C=O) groups excluding carboxylic acids is 2. The fourth-order valence-electron chi connectivity index (χ4n) is 3.74. The topological polar surface area (TPSA) is 110 Å². The largest absolute Gasteiger partial charge is 0.495 e. The summed E-state index contributed by atoms with van der Waals surface area (Å²) in [6.07, 6.45) is -2.88. The van der Waals surface area contributed by atoms with Gasteiger partial charge in [-0.25, -0.2) is 0 Å². The molecule has 9 heteroatoms. The van der Waals surface area contributed by atoms with E-state index >= 15 is 0 Å². The van der Waals surface area contributed by atoms with Gasteiger partial charge in [-0.1, -0.05) is 30.3 Å². The van der Waals surface area contributed by atoms with Crippen LogP contribution in [0, 0.1) is 0 Å². The van der Waals surface area contributed by atoms with E-state index in [-0.39, 0.29) is 13.0 Å². The number of benzene rings is 1. The molecule has 0 radical (unpaired) electrons. The molecule has 7 atom stereocenters. The van der Waals surface area contributed by atoms with Crippen molar-refractivity contribution in [1.82, 2.24) is 0 Å². The van der Waals surface area contributed by atoms with Crippen molar-refractivity contribution in [1.29, 1.82) is 0 Å². The van der Waals surface area contributed by atoms with Crippen molar-refractivity contribution in [3.8, 4) is 0 Å². The molecular weight excluding hydrogens is 408 g/mol. The lowest BCUT2D eigenvalue weighted by molar-refractivity contribution is -0.317. The summed E-state index contributed by atoms with van der Waals surface area (Å²) in [5, 5.41) is 10.1. The summed E-state index contributed by atoms with van der Waals surface area (Å²) in [5.74, 6) is -1.16. The summed E-state index contributed by atoms with van der Waals surface area (Å²) >= 11 is 0. The number of ether oxygens (including phenoxy) is 6. The molecule has 1 N–H and O–H groups in total. The summed E-state index contributed by atoms with van der Waals surface area (Å²) < 4.78 is 34.2. The maximum atomic E-state index is 11.9. The lowest BCUT2D eigenvalue weighted by atomic mass is 9.91. The van der Waals surface area contributed by atoms with Crippen LogP contribution in [0.3, 0.4) is 0 Å². The summed E-state index contributed by atoms with van der Waals surface area (Å²) in [4.78, 5) is 23.6. The Hall–Kier alpha value is -2.46. The van der Waals surface area contributed by atoms with Crippen molar-refractivity contribution in [2.75, 3.05) is 7.11 Å². The van der Waals surface area contributed by atoms with Crippen molar-refractivity contribution in [2.45, 2.75) is 69.8 Å². The molecule has 1 aromatic rings. The second-order valence-electron chi connectivity index (χ2n) is 7.42. The molecule has 3 rings (SSSR count). The number of methoxy groups -OCH3 is 1. The van der Waals surface area contributed by atoms with Gasteiger partial charge in [-0.15, -0.1) is 0 Å². The standard InChI is InChI=1S/C22H28O9/c1-13(23)29-20-19(28-12-15-7-5-4-6-8-15)18(17-11-16(25)9-10-27-17)31-22(26-3)21(20)30-14(2)24/h4-10,16-22,25H,11-12H2,1-3H3/t16?,17?,18-,19+,20+,21-,22+/m1/s1. The highest BCUT2D eigenvalue weighted by atomic mass is 16.7. The zero-order valence-electron chi connectivity index (χ0n) is 17.7. The molecule has 2 unspecified atom stereocenters. The number of esters is 2. The van der Waals surface area contributed by atoms with Gasteiger partial charge in [0.2, 0.25) is 0 Å². The molecule has 1 saturated heterocycles. The third-order valence-electron chi connectivity index (χ3n) is 5.05. The minimum Gasteiger partial charge on any atom is -0.495 e. The van der Waals surface area contributed by atoms with Gasteiger partial charge < -0.3 is 33.5 Å². The number of hydrogen-bond acceptors (Lipinski definition) is 9. The van der Waals surface area contributed by atoms with E-state index in [1.165, 1.54) is 33.3 Å². The average Bonchev–Trinajstić information content (AvgIpc) is 2.73. The molecule has 0 aromatic heterocycles. The summed E-state index contributed by atoms with van der Waals surface area (Å²) in [7, 11) is 1.39. The second kappa shape index (κ2) is 10.7. The first-order valence-corrected chi connectivity index (χ1v) is 10.1. The fourth-order valence-corrected chi connectivity index (χ4v) is 3.74. The molecule has 0 aliphatic carbocycles. The predicted molar refractivity (Wildman–Crippen MR) is 106 cm³/mol. The molecule has 1 aromatic carbocycles. The molecular formula is C22H28O9. The zero-order chi connectivity index (χ0) is 22.4. The van der Waals surface area contributed by atoms with Crippen LogP contribution in [-0.2, 0) is 44.6 Å². The minimum atomic E-state index is -1.05. The Balaban J connectivity index is 1.92. The van der Waals surface area contributed by atoms with Crippen LogP contribution in [0.4, 0.5) is 0 Å². The van der Waals surface area contributed by atoms with Crippen molar-refractivity contribution >= 4 is 11.9 Å². The van der Waals surface area contributed by atoms with Gasteiger partial charge in [-0.2, -0.15) is 0 Å². The maximum Gasteiger partial charge on any atom is 0.303 e. The van der Waals surface area contributed by atoms with Crippen LogP contribution in [0.15, 0.2) is 42.7 Å². The number of carbonyl (C=O) groups is 2. The van der Waals surface area contributed by atoms with E-state index in [0.717, 1.165) is 5.56 Å². The van der Waals surface area contributed by atoms with Gasteiger partial charge >= 0.3 is 11.9 Å². The minimum absolute atomic E-state index is 0.193. The predicted octanol–water partition coefficient (Wildman–Crippen LogP) is 1.47. The van der Waals surface area contributed by atoms with Crippen molar-refractivity contribution in [2.24, 2.45) is 0 Å². The van der Waals surface area contributed by atoms with Crippen LogP contribution in [0.25, 0.3) is 0 Å². The Morgan fingerprint density at radius 1 is 1.06 bits per heavy atom. The van der Waals surface area contributed by atoms with Crippen LogP contribution in [0.1, 0.15) is 25.8 Å². The third-order valence-corrected chi connectivity index (χ3v) is 5.05. The molecule has 2 aliphatic heterocycles. The first-order valence-electron chi connectivity index (χ1n) is 10.1. The Morgan fingerprint density at radius 2 is 1.74 bits per heavy atom. The quantitative estimate of drug-likeness (QED) is 0.635. The Morgan fingerprint density at radius 3 is 2.35 bits per heavy atom. The first kappa shape index (κ1) is 23.2. The molecule has 9 nitrogen and oxygen atoms in total. The lowest BCUT2D eigenvalue weighted by Crippen LogP contribution is -2.64. The van der Waals surface area contributed by atoms with Gasteiger partial charge in [0.25, 0.3) is 0 Å². The first-order chi connectivity index (χ1) is 14.9. The van der Waals surface area contributed by atoms with Gasteiger partial charge in [0.1, 0.15) is 18.3 Å². The monoisotopic (exact) mass is 436 g/mol. The lowest BCUT2D eigenvalue weighted by Gasteiger charge is -2.46. The molecule has 1 fully saturated rings. The number of rotatable bonds is 7. The number of aliphatic hydroxyl groups excluding tert-OH is 1. The highest BCUT2D eigenvalue weighted by Crippen LogP contribution is 2.34. The van der Waals surface area contributed by atoms with E-state index in [9.17, 15) is 14.7 Å². The van der Waals surface area contributed by atoms with E-state index in [2.05, 4.69) is 0 Å². The summed E-state index contributed by atoms with van der Waals surface area (Å²) in [6, 6.07) is 9.44. The summed E-state index contributed by atoms with van der Waals surface area (Å²) in [6.45, 7) is 2.70. The fraction of sp³-hybridized carbons (Fsp3) is 0.545. The maximum absolute atomic E-state index is 11.9. The Labute approximate surface area is 180 Å². The summed E-state index contributed by atoms with van der Waals surface area (Å²) in [5.41, 5.74) is 0.894. The van der Waals surface area contributed by atoms with Crippen molar-refractivity contribution < 1.29 is 43.1 Å². The second-order valence-corrected chi connectivity index (χ2v) is 7.42. The van der Waals surface area contributed by atoms with Crippen LogP contribution < -0.4 is 0 Å².